The highest BCUT2D eigenvalue weighted by atomic mass is 16.5. The molecular weight excluding hydrogens is 440 g/mol. The molecular formula is C29H24N2O4. The van der Waals surface area contributed by atoms with Crippen molar-refractivity contribution in [1.29, 1.82) is 0 Å². The molecule has 35 heavy (non-hydrogen) atoms. The van der Waals surface area contributed by atoms with Crippen LogP contribution in [-0.2, 0) is 16.0 Å². The molecule has 0 spiro atoms. The van der Waals surface area contributed by atoms with Crippen LogP contribution < -0.4 is 5.32 Å². The molecule has 0 aliphatic heterocycles. The Hall–Kier alpha value is -4.45. The van der Waals surface area contributed by atoms with Gasteiger partial charge in [-0.15, -0.1) is 0 Å². The first-order chi connectivity index (χ1) is 17.1. The Kier molecular flexibility index (Phi) is 6.26. The summed E-state index contributed by atoms with van der Waals surface area (Å²) in [4.78, 5) is 28.8. The summed E-state index contributed by atoms with van der Waals surface area (Å²) in [6, 6.07) is 28.4. The van der Waals surface area contributed by atoms with Gasteiger partial charge in [0.2, 0.25) is 0 Å². The van der Waals surface area contributed by atoms with Crippen molar-refractivity contribution in [3.05, 3.63) is 114 Å². The lowest BCUT2D eigenvalue weighted by Gasteiger charge is -2.17. The molecule has 0 saturated carbocycles. The number of carboxylic acid groups (broad SMARTS) is 1. The second kappa shape index (κ2) is 9.81. The minimum absolute atomic E-state index is 0.0915. The average Bonchev–Trinajstić information content (AvgIpc) is 3.21. The fraction of sp³-hybridized carbons (Fsp3) is 0.138. The van der Waals surface area contributed by atoms with Crippen molar-refractivity contribution in [1.82, 2.24) is 10.3 Å². The monoisotopic (exact) mass is 464 g/mol. The van der Waals surface area contributed by atoms with Crippen LogP contribution in [0.2, 0.25) is 0 Å². The van der Waals surface area contributed by atoms with E-state index in [0.29, 0.717) is 5.56 Å². The number of rotatable bonds is 7. The van der Waals surface area contributed by atoms with E-state index in [4.69, 9.17) is 4.74 Å². The molecule has 3 aromatic carbocycles. The van der Waals surface area contributed by atoms with E-state index in [9.17, 15) is 14.7 Å². The van der Waals surface area contributed by atoms with Crippen LogP contribution in [0.4, 0.5) is 4.79 Å². The zero-order chi connectivity index (χ0) is 24.2. The number of benzene rings is 3. The Morgan fingerprint density at radius 2 is 1.49 bits per heavy atom. The second-order valence-corrected chi connectivity index (χ2v) is 8.48. The zero-order valence-corrected chi connectivity index (χ0v) is 18.9. The maximum atomic E-state index is 12.6. The number of hydrogen-bond acceptors (Lipinski definition) is 4. The molecule has 1 heterocycles. The lowest BCUT2D eigenvalue weighted by Crippen LogP contribution is -2.42. The molecule has 1 unspecified atom stereocenters. The molecule has 1 aliphatic carbocycles. The van der Waals surface area contributed by atoms with Crippen LogP contribution >= 0.6 is 0 Å². The van der Waals surface area contributed by atoms with Crippen LogP contribution in [0.3, 0.4) is 0 Å². The number of pyridine rings is 1. The SMILES string of the molecule is O=C(NC(Cc1ccc(-c2ccccc2)nc1)C(=O)O)OCC1c2ccccc2-c2ccccc21. The van der Waals surface area contributed by atoms with Crippen LogP contribution in [0.25, 0.3) is 22.4 Å². The summed E-state index contributed by atoms with van der Waals surface area (Å²) >= 11 is 0. The normalized spacial score (nSPS) is 12.9. The molecule has 0 saturated heterocycles. The van der Waals surface area contributed by atoms with E-state index in [0.717, 1.165) is 33.5 Å². The van der Waals surface area contributed by atoms with Crippen molar-refractivity contribution in [2.75, 3.05) is 6.61 Å². The van der Waals surface area contributed by atoms with Crippen molar-refractivity contribution in [2.45, 2.75) is 18.4 Å². The number of fused-ring (bicyclic) bond motifs is 3. The van der Waals surface area contributed by atoms with E-state index in [1.54, 1.807) is 6.20 Å². The number of amides is 1. The lowest BCUT2D eigenvalue weighted by atomic mass is 9.98. The van der Waals surface area contributed by atoms with Crippen LogP contribution in [0.15, 0.2) is 97.2 Å². The highest BCUT2D eigenvalue weighted by molar-refractivity contribution is 5.81. The standard InChI is InChI=1S/C29H24N2O4/c32-28(33)27(16-19-14-15-26(30-17-19)20-8-2-1-3-9-20)31-29(34)35-18-25-23-12-6-4-10-21(23)22-11-5-7-13-24(22)25/h1-15,17,25,27H,16,18H2,(H,31,34)(H,32,33). The number of nitrogens with zero attached hydrogens (tertiary/aromatic N) is 1. The van der Waals surface area contributed by atoms with Crippen molar-refractivity contribution in [3.8, 4) is 22.4 Å². The molecule has 5 rings (SSSR count). The molecule has 0 bridgehead atoms. The fourth-order valence-electron chi connectivity index (χ4n) is 4.54. The smallest absolute Gasteiger partial charge is 0.407 e. The summed E-state index contributed by atoms with van der Waals surface area (Å²) < 4.78 is 5.51. The summed E-state index contributed by atoms with van der Waals surface area (Å²) in [6.07, 6.45) is 0.979. The van der Waals surface area contributed by atoms with Crippen molar-refractivity contribution >= 4 is 12.1 Å². The van der Waals surface area contributed by atoms with Crippen LogP contribution in [0.5, 0.6) is 0 Å². The van der Waals surface area contributed by atoms with Gasteiger partial charge >= 0.3 is 12.1 Å². The molecule has 4 aromatic rings. The molecule has 1 atom stereocenters. The fourth-order valence-corrected chi connectivity index (χ4v) is 4.54. The minimum atomic E-state index is -1.13. The molecule has 1 aliphatic rings. The number of nitrogens with one attached hydrogen (secondary N) is 1. The summed E-state index contributed by atoms with van der Waals surface area (Å²) in [7, 11) is 0. The third-order valence-corrected chi connectivity index (χ3v) is 6.27. The number of carbonyl (C=O) groups is 2. The molecule has 1 aromatic heterocycles. The summed E-state index contributed by atoms with van der Waals surface area (Å²) in [5.74, 6) is -1.23. The molecule has 0 fully saturated rings. The number of hydrogen-bond donors (Lipinski definition) is 2. The number of alkyl carbamates (subject to hydrolysis) is 1. The number of carbonyl (C=O) groups excluding carboxylic acids is 1. The Labute approximate surface area is 203 Å². The molecule has 6 nitrogen and oxygen atoms in total. The maximum absolute atomic E-state index is 12.6. The van der Waals surface area contributed by atoms with Gasteiger partial charge in [-0.25, -0.2) is 9.59 Å². The quantitative estimate of drug-likeness (QED) is 0.388. The Morgan fingerprint density at radius 3 is 2.09 bits per heavy atom. The van der Waals surface area contributed by atoms with Crippen LogP contribution in [-0.4, -0.2) is 34.8 Å². The van der Waals surface area contributed by atoms with Gasteiger partial charge in [0.05, 0.1) is 5.69 Å². The van der Waals surface area contributed by atoms with Crippen molar-refractivity contribution in [3.63, 3.8) is 0 Å². The predicted molar refractivity (Wildman–Crippen MR) is 133 cm³/mol. The zero-order valence-electron chi connectivity index (χ0n) is 18.9. The Morgan fingerprint density at radius 1 is 0.857 bits per heavy atom. The molecule has 174 valence electrons. The molecule has 0 radical (unpaired) electrons. The first kappa shape index (κ1) is 22.3. The number of aromatic nitrogens is 1. The van der Waals surface area contributed by atoms with E-state index in [2.05, 4.69) is 22.4 Å². The highest BCUT2D eigenvalue weighted by Crippen LogP contribution is 2.44. The third-order valence-electron chi connectivity index (χ3n) is 6.27. The molecule has 6 heteroatoms. The first-order valence-electron chi connectivity index (χ1n) is 11.4. The van der Waals surface area contributed by atoms with E-state index in [1.165, 1.54) is 0 Å². The largest absolute Gasteiger partial charge is 0.480 e. The minimum Gasteiger partial charge on any atom is -0.480 e. The predicted octanol–water partition coefficient (Wildman–Crippen LogP) is 5.28. The van der Waals surface area contributed by atoms with Gasteiger partial charge in [0.15, 0.2) is 0 Å². The van der Waals surface area contributed by atoms with E-state index in [1.807, 2.05) is 78.9 Å². The lowest BCUT2D eigenvalue weighted by molar-refractivity contribution is -0.139. The number of carboxylic acids is 1. The Balaban J connectivity index is 1.23. The molecule has 1 amide bonds. The summed E-state index contributed by atoms with van der Waals surface area (Å²) in [6.45, 7) is 0.125. The number of ether oxygens (including phenoxy) is 1. The third kappa shape index (κ3) is 4.77. The van der Waals surface area contributed by atoms with E-state index in [-0.39, 0.29) is 18.9 Å². The van der Waals surface area contributed by atoms with Gasteiger partial charge in [-0.3, -0.25) is 4.98 Å². The van der Waals surface area contributed by atoms with Gasteiger partial charge in [-0.2, -0.15) is 0 Å². The topological polar surface area (TPSA) is 88.5 Å². The van der Waals surface area contributed by atoms with E-state index >= 15 is 0 Å². The van der Waals surface area contributed by atoms with Gasteiger partial charge < -0.3 is 15.2 Å². The Bertz CT molecular complexity index is 1310. The van der Waals surface area contributed by atoms with Crippen molar-refractivity contribution < 1.29 is 19.4 Å². The average molecular weight is 465 g/mol. The van der Waals surface area contributed by atoms with Gasteiger partial charge in [0.25, 0.3) is 0 Å². The van der Waals surface area contributed by atoms with Gasteiger partial charge in [0.1, 0.15) is 12.6 Å². The second-order valence-electron chi connectivity index (χ2n) is 8.48. The highest BCUT2D eigenvalue weighted by Gasteiger charge is 2.29. The van der Waals surface area contributed by atoms with E-state index < -0.39 is 18.1 Å². The molecule has 2 N–H and O–H groups in total. The first-order valence-corrected chi connectivity index (χ1v) is 11.4. The summed E-state index contributed by atoms with van der Waals surface area (Å²) in [5, 5.41) is 12.2. The summed E-state index contributed by atoms with van der Waals surface area (Å²) in [5.41, 5.74) is 6.94. The van der Waals surface area contributed by atoms with Gasteiger partial charge in [-0.1, -0.05) is 84.9 Å². The van der Waals surface area contributed by atoms with Crippen LogP contribution in [0, 0.1) is 0 Å². The van der Waals surface area contributed by atoms with Crippen LogP contribution in [0.1, 0.15) is 22.6 Å². The van der Waals surface area contributed by atoms with Crippen molar-refractivity contribution in [2.24, 2.45) is 0 Å². The number of aliphatic carboxylic acids is 1. The van der Waals surface area contributed by atoms with Gasteiger partial charge in [0, 0.05) is 24.1 Å². The van der Waals surface area contributed by atoms with Gasteiger partial charge in [-0.05, 0) is 33.9 Å². The maximum Gasteiger partial charge on any atom is 0.407 e.